The van der Waals surface area contributed by atoms with E-state index in [9.17, 15) is 12.8 Å². The topological polar surface area (TPSA) is 110 Å². The molecule has 0 radical (unpaired) electrons. The third-order valence-electron chi connectivity index (χ3n) is 5.92. The second kappa shape index (κ2) is 9.55. The molecule has 1 fully saturated rings. The van der Waals surface area contributed by atoms with E-state index in [4.69, 9.17) is 9.72 Å². The molecule has 0 bridgehead atoms. The average molecular weight is 494 g/mol. The average Bonchev–Trinajstić information content (AvgIpc) is 3.31. The monoisotopic (exact) mass is 493 g/mol. The molecule has 8 nitrogen and oxygen atoms in total. The van der Waals surface area contributed by atoms with E-state index in [1.165, 1.54) is 24.3 Å². The van der Waals surface area contributed by atoms with Crippen molar-refractivity contribution < 1.29 is 17.5 Å². The summed E-state index contributed by atoms with van der Waals surface area (Å²) in [5.41, 5.74) is 2.73. The van der Waals surface area contributed by atoms with Gasteiger partial charge in [0.25, 0.3) is 0 Å². The van der Waals surface area contributed by atoms with Gasteiger partial charge in [-0.1, -0.05) is 0 Å². The van der Waals surface area contributed by atoms with E-state index in [0.717, 1.165) is 43.6 Å². The number of sulfone groups is 1. The van der Waals surface area contributed by atoms with Crippen LogP contribution in [-0.4, -0.2) is 47.7 Å². The molecule has 0 unspecified atom stereocenters. The molecule has 1 saturated heterocycles. The van der Waals surface area contributed by atoms with Gasteiger partial charge in [0.15, 0.2) is 9.84 Å². The molecule has 10 heteroatoms. The van der Waals surface area contributed by atoms with E-state index in [1.807, 2.05) is 0 Å². The summed E-state index contributed by atoms with van der Waals surface area (Å²) >= 11 is 0. The van der Waals surface area contributed by atoms with Crippen LogP contribution in [0.3, 0.4) is 0 Å². The molecular weight excluding hydrogens is 469 g/mol. The number of imidazole rings is 1. The van der Waals surface area contributed by atoms with Gasteiger partial charge >= 0.3 is 6.01 Å². The van der Waals surface area contributed by atoms with Crippen LogP contribution >= 0.6 is 0 Å². The van der Waals surface area contributed by atoms with Crippen LogP contribution in [-0.2, 0) is 9.84 Å². The summed E-state index contributed by atoms with van der Waals surface area (Å²) in [4.78, 5) is 17.3. The number of aromatic amines is 1. The Kier molecular flexibility index (Phi) is 6.31. The van der Waals surface area contributed by atoms with Crippen LogP contribution in [0.5, 0.6) is 11.8 Å². The number of ether oxygens (including phenoxy) is 1. The number of nitrogens with one attached hydrogen (secondary N) is 2. The van der Waals surface area contributed by atoms with Gasteiger partial charge in [-0.25, -0.2) is 22.8 Å². The smallest absolute Gasteiger partial charge is 0.322 e. The first kappa shape index (κ1) is 23.1. The number of halogens is 1. The lowest BCUT2D eigenvalue weighted by Gasteiger charge is -2.20. The normalized spacial score (nSPS) is 14.7. The minimum absolute atomic E-state index is 0.109. The molecule has 180 valence electrons. The summed E-state index contributed by atoms with van der Waals surface area (Å²) in [5.74, 6) is 1.26. The minimum Gasteiger partial charge on any atom is -0.424 e. The lowest BCUT2D eigenvalue weighted by atomic mass is 9.98. The van der Waals surface area contributed by atoms with Crippen LogP contribution in [0, 0.1) is 5.82 Å². The number of aromatic nitrogens is 4. The lowest BCUT2D eigenvalue weighted by molar-refractivity contribution is 0.442. The molecule has 1 aliphatic rings. The summed E-state index contributed by atoms with van der Waals surface area (Å²) in [6.07, 6.45) is 4.67. The molecule has 2 N–H and O–H groups in total. The first-order chi connectivity index (χ1) is 16.9. The highest BCUT2D eigenvalue weighted by Gasteiger charge is 2.23. The molecule has 0 saturated carbocycles. The Labute approximate surface area is 202 Å². The Hall–Kier alpha value is -3.63. The van der Waals surface area contributed by atoms with Crippen molar-refractivity contribution in [3.63, 3.8) is 0 Å². The molecule has 5 rings (SSSR count). The predicted octanol–water partition coefficient (Wildman–Crippen LogP) is 4.34. The van der Waals surface area contributed by atoms with Gasteiger partial charge in [-0.15, -0.1) is 0 Å². The van der Waals surface area contributed by atoms with Crippen molar-refractivity contribution in [2.75, 3.05) is 19.3 Å². The van der Waals surface area contributed by atoms with Gasteiger partial charge in [-0.05, 0) is 80.5 Å². The summed E-state index contributed by atoms with van der Waals surface area (Å²) in [7, 11) is -3.30. The van der Waals surface area contributed by atoms with Crippen molar-refractivity contribution in [2.45, 2.75) is 23.7 Å². The summed E-state index contributed by atoms with van der Waals surface area (Å²) in [6, 6.07) is 14.1. The molecular formula is C25H24FN5O3S. The predicted molar refractivity (Wildman–Crippen MR) is 129 cm³/mol. The van der Waals surface area contributed by atoms with E-state index in [2.05, 4.69) is 20.3 Å². The largest absolute Gasteiger partial charge is 0.424 e. The number of benzene rings is 2. The quantitative estimate of drug-likeness (QED) is 0.411. The highest BCUT2D eigenvalue weighted by molar-refractivity contribution is 7.90. The van der Waals surface area contributed by atoms with Gasteiger partial charge in [-0.2, -0.15) is 4.98 Å². The number of piperidine rings is 1. The summed E-state index contributed by atoms with van der Waals surface area (Å²) < 4.78 is 42.7. The van der Waals surface area contributed by atoms with E-state index in [0.29, 0.717) is 22.8 Å². The third-order valence-corrected chi connectivity index (χ3v) is 7.04. The Morgan fingerprint density at radius 1 is 0.971 bits per heavy atom. The highest BCUT2D eigenvalue weighted by Crippen LogP contribution is 2.34. The van der Waals surface area contributed by atoms with Crippen molar-refractivity contribution in [3.05, 3.63) is 72.4 Å². The van der Waals surface area contributed by atoms with Crippen LogP contribution in [0.1, 0.15) is 24.6 Å². The first-order valence-corrected chi connectivity index (χ1v) is 13.1. The van der Waals surface area contributed by atoms with E-state index < -0.39 is 9.84 Å². The van der Waals surface area contributed by atoms with E-state index >= 15 is 0 Å². The molecule has 0 spiro atoms. The fourth-order valence-electron chi connectivity index (χ4n) is 4.07. The van der Waals surface area contributed by atoms with Crippen LogP contribution in [0.15, 0.2) is 65.7 Å². The Morgan fingerprint density at radius 3 is 2.37 bits per heavy atom. The van der Waals surface area contributed by atoms with Gasteiger partial charge in [0.05, 0.1) is 22.0 Å². The van der Waals surface area contributed by atoms with Crippen LogP contribution in [0.4, 0.5) is 4.39 Å². The van der Waals surface area contributed by atoms with E-state index in [-0.39, 0.29) is 22.6 Å². The minimum atomic E-state index is -3.30. The zero-order valence-electron chi connectivity index (χ0n) is 19.0. The van der Waals surface area contributed by atoms with Crippen LogP contribution in [0.2, 0.25) is 0 Å². The fourth-order valence-corrected chi connectivity index (χ4v) is 4.70. The van der Waals surface area contributed by atoms with E-state index in [1.54, 1.807) is 36.5 Å². The van der Waals surface area contributed by atoms with Crippen molar-refractivity contribution in [3.8, 4) is 34.4 Å². The Bertz CT molecular complexity index is 1430. The maximum Gasteiger partial charge on any atom is 0.322 e. The number of hydrogen-bond acceptors (Lipinski definition) is 7. The lowest BCUT2D eigenvalue weighted by Crippen LogP contribution is -2.27. The number of hydrogen-bond donors (Lipinski definition) is 2. The molecule has 2 aromatic heterocycles. The van der Waals surface area contributed by atoms with Crippen molar-refractivity contribution in [1.29, 1.82) is 0 Å². The molecule has 2 aromatic carbocycles. The second-order valence-corrected chi connectivity index (χ2v) is 10.5. The molecule has 0 amide bonds. The summed E-state index contributed by atoms with van der Waals surface area (Å²) in [6.45, 7) is 1.85. The molecule has 35 heavy (non-hydrogen) atoms. The van der Waals surface area contributed by atoms with Gasteiger partial charge in [0.1, 0.15) is 17.4 Å². The molecule has 1 aliphatic heterocycles. The third kappa shape index (κ3) is 5.23. The van der Waals surface area contributed by atoms with Crippen molar-refractivity contribution in [2.24, 2.45) is 0 Å². The Balaban J connectivity index is 1.49. The standard InChI is InChI=1S/C25H24FN5O3S/c1-35(32,33)20-8-6-19(7-9-20)34-25-28-15-12-21(29-25)23-22(16-2-4-18(26)5-3-16)30-24(31-23)17-10-13-27-14-11-17/h2-9,12,15,17,27H,10-11,13-14H2,1H3,(H,30,31). The molecule has 4 aromatic rings. The van der Waals surface area contributed by atoms with Gasteiger partial charge in [0, 0.05) is 23.9 Å². The van der Waals surface area contributed by atoms with Crippen LogP contribution < -0.4 is 10.1 Å². The maximum atomic E-state index is 13.6. The fraction of sp³-hybridized carbons (Fsp3) is 0.240. The Morgan fingerprint density at radius 2 is 1.69 bits per heavy atom. The van der Waals surface area contributed by atoms with Crippen molar-refractivity contribution in [1.82, 2.24) is 25.3 Å². The number of nitrogens with zero attached hydrogens (tertiary/aromatic N) is 3. The number of rotatable bonds is 6. The first-order valence-electron chi connectivity index (χ1n) is 11.2. The van der Waals surface area contributed by atoms with Gasteiger partial charge in [-0.3, -0.25) is 0 Å². The maximum absolute atomic E-state index is 13.6. The molecule has 3 heterocycles. The second-order valence-electron chi connectivity index (χ2n) is 8.45. The zero-order chi connectivity index (χ0) is 24.4. The number of H-pyrrole nitrogens is 1. The SMILES string of the molecule is CS(=O)(=O)c1ccc(Oc2nccc(-c3[nH]c(C4CCNCC4)nc3-c3ccc(F)cc3)n2)cc1. The van der Waals surface area contributed by atoms with Gasteiger partial charge in [0.2, 0.25) is 0 Å². The van der Waals surface area contributed by atoms with Crippen LogP contribution in [0.25, 0.3) is 22.6 Å². The van der Waals surface area contributed by atoms with Crippen molar-refractivity contribution >= 4 is 9.84 Å². The summed E-state index contributed by atoms with van der Waals surface area (Å²) in [5, 5.41) is 3.36. The molecule has 0 atom stereocenters. The molecule has 0 aliphatic carbocycles. The zero-order valence-corrected chi connectivity index (χ0v) is 19.8. The van der Waals surface area contributed by atoms with Gasteiger partial charge < -0.3 is 15.0 Å². The highest BCUT2D eigenvalue weighted by atomic mass is 32.2.